The molecule has 0 unspecified atom stereocenters. The van der Waals surface area contributed by atoms with Gasteiger partial charge in [0.1, 0.15) is 15.8 Å². The van der Waals surface area contributed by atoms with Gasteiger partial charge in [-0.15, -0.1) is 21.5 Å². The molecule has 1 aromatic heterocycles. The summed E-state index contributed by atoms with van der Waals surface area (Å²) in [6.07, 6.45) is 1.72. The first kappa shape index (κ1) is 15.9. The molecule has 0 saturated heterocycles. The Kier molecular flexibility index (Phi) is 6.59. The van der Waals surface area contributed by atoms with Crippen LogP contribution in [-0.2, 0) is 17.6 Å². The molecule has 0 atom stereocenters. The van der Waals surface area contributed by atoms with Crippen molar-refractivity contribution in [2.75, 3.05) is 33.9 Å². The number of rotatable bonds is 9. The minimum atomic E-state index is 0.735. The molecule has 0 aliphatic rings. The van der Waals surface area contributed by atoms with Gasteiger partial charge in [-0.1, -0.05) is 12.1 Å². The van der Waals surface area contributed by atoms with Crippen molar-refractivity contribution in [3.63, 3.8) is 0 Å². The second-order valence-electron chi connectivity index (χ2n) is 4.61. The first-order chi connectivity index (χ1) is 10.3. The third kappa shape index (κ3) is 5.41. The maximum absolute atomic E-state index is 5.15. The van der Waals surface area contributed by atoms with Crippen LogP contribution >= 0.6 is 11.3 Å². The zero-order valence-corrected chi connectivity index (χ0v) is 13.3. The summed E-state index contributed by atoms with van der Waals surface area (Å²) in [5, 5.41) is 13.9. The maximum atomic E-state index is 5.15. The van der Waals surface area contributed by atoms with Crippen molar-refractivity contribution in [3.05, 3.63) is 39.8 Å². The molecular formula is C15H21N3O2S. The van der Waals surface area contributed by atoms with Gasteiger partial charge >= 0.3 is 0 Å². The number of hydrogen-bond acceptors (Lipinski definition) is 6. The highest BCUT2D eigenvalue weighted by atomic mass is 32.1. The van der Waals surface area contributed by atoms with Gasteiger partial charge in [0.25, 0.3) is 0 Å². The van der Waals surface area contributed by atoms with E-state index in [1.54, 1.807) is 25.6 Å². The molecule has 0 fully saturated rings. The van der Waals surface area contributed by atoms with E-state index in [9.17, 15) is 0 Å². The highest BCUT2D eigenvalue weighted by Gasteiger charge is 2.05. The number of methoxy groups -OCH3 is 2. The smallest absolute Gasteiger partial charge is 0.121 e. The monoisotopic (exact) mass is 307 g/mol. The van der Waals surface area contributed by atoms with Crippen LogP contribution in [0, 0.1) is 0 Å². The first-order valence-corrected chi connectivity index (χ1v) is 7.77. The molecule has 0 aliphatic heterocycles. The second-order valence-corrected chi connectivity index (χ2v) is 5.75. The summed E-state index contributed by atoms with van der Waals surface area (Å²) in [6.45, 7) is 2.51. The molecule has 1 heterocycles. The molecule has 21 heavy (non-hydrogen) atoms. The average Bonchev–Trinajstić information content (AvgIpc) is 2.95. The fourth-order valence-electron chi connectivity index (χ4n) is 1.87. The van der Waals surface area contributed by atoms with E-state index >= 15 is 0 Å². The average molecular weight is 307 g/mol. The number of nitrogens with one attached hydrogen (secondary N) is 1. The Bertz CT molecular complexity index is 528. The maximum Gasteiger partial charge on any atom is 0.121 e. The normalized spacial score (nSPS) is 10.8. The van der Waals surface area contributed by atoms with E-state index in [1.165, 1.54) is 5.56 Å². The molecule has 0 amide bonds. The standard InChI is InChI=1S/C15H21N3O2S/c1-19-10-9-16-8-7-14-17-18-15(21-14)11-12-3-5-13(20-2)6-4-12/h3-6,16H,7-11H2,1-2H3. The highest BCUT2D eigenvalue weighted by Crippen LogP contribution is 2.17. The molecule has 1 aromatic carbocycles. The molecular weight excluding hydrogens is 286 g/mol. The van der Waals surface area contributed by atoms with E-state index in [-0.39, 0.29) is 0 Å². The summed E-state index contributed by atoms with van der Waals surface area (Å²) >= 11 is 1.68. The van der Waals surface area contributed by atoms with Crippen LogP contribution in [0.2, 0.25) is 0 Å². The minimum Gasteiger partial charge on any atom is -0.497 e. The number of benzene rings is 1. The largest absolute Gasteiger partial charge is 0.497 e. The number of hydrogen-bond donors (Lipinski definition) is 1. The van der Waals surface area contributed by atoms with Gasteiger partial charge in [0.05, 0.1) is 13.7 Å². The summed E-state index contributed by atoms with van der Waals surface area (Å²) in [6, 6.07) is 8.06. The lowest BCUT2D eigenvalue weighted by atomic mass is 10.1. The molecule has 0 saturated carbocycles. The topological polar surface area (TPSA) is 56.3 Å². The molecule has 6 heteroatoms. The van der Waals surface area contributed by atoms with Crippen LogP contribution in [-0.4, -0.2) is 44.1 Å². The number of aromatic nitrogens is 2. The predicted octanol–water partition coefficient (Wildman–Crippen LogP) is 1.92. The van der Waals surface area contributed by atoms with E-state index in [0.29, 0.717) is 0 Å². The van der Waals surface area contributed by atoms with Gasteiger partial charge in [-0.3, -0.25) is 0 Å². The van der Waals surface area contributed by atoms with Crippen molar-refractivity contribution in [3.8, 4) is 5.75 Å². The molecule has 0 bridgehead atoms. The van der Waals surface area contributed by atoms with Gasteiger partial charge in [0, 0.05) is 33.0 Å². The van der Waals surface area contributed by atoms with Crippen LogP contribution in [0.1, 0.15) is 15.6 Å². The summed E-state index contributed by atoms with van der Waals surface area (Å²) < 4.78 is 10.1. The summed E-state index contributed by atoms with van der Waals surface area (Å²) in [5.41, 5.74) is 1.22. The van der Waals surface area contributed by atoms with E-state index in [1.807, 2.05) is 12.1 Å². The van der Waals surface area contributed by atoms with Crippen LogP contribution in [0.3, 0.4) is 0 Å². The van der Waals surface area contributed by atoms with Crippen LogP contribution in [0.4, 0.5) is 0 Å². The van der Waals surface area contributed by atoms with Crippen molar-refractivity contribution >= 4 is 11.3 Å². The lowest BCUT2D eigenvalue weighted by Crippen LogP contribution is -2.21. The van der Waals surface area contributed by atoms with Gasteiger partial charge in [0.15, 0.2) is 0 Å². The molecule has 2 rings (SSSR count). The van der Waals surface area contributed by atoms with Gasteiger partial charge < -0.3 is 14.8 Å². The van der Waals surface area contributed by atoms with Crippen molar-refractivity contribution < 1.29 is 9.47 Å². The Morgan fingerprint density at radius 2 is 1.81 bits per heavy atom. The Hall–Kier alpha value is -1.50. The Morgan fingerprint density at radius 1 is 1.05 bits per heavy atom. The summed E-state index contributed by atoms with van der Waals surface area (Å²) in [7, 11) is 3.38. The fraction of sp³-hybridized carbons (Fsp3) is 0.467. The number of ether oxygens (including phenoxy) is 2. The summed E-state index contributed by atoms with van der Waals surface area (Å²) in [5.74, 6) is 0.874. The number of nitrogens with zero attached hydrogens (tertiary/aromatic N) is 2. The Balaban J connectivity index is 1.79. The molecule has 0 radical (unpaired) electrons. The van der Waals surface area contributed by atoms with Crippen molar-refractivity contribution in [2.45, 2.75) is 12.8 Å². The lowest BCUT2D eigenvalue weighted by Gasteiger charge is -2.01. The zero-order chi connectivity index (χ0) is 14.9. The van der Waals surface area contributed by atoms with Gasteiger partial charge in [-0.25, -0.2) is 0 Å². The molecule has 1 N–H and O–H groups in total. The quantitative estimate of drug-likeness (QED) is 0.717. The van der Waals surface area contributed by atoms with Crippen LogP contribution < -0.4 is 10.1 Å². The summed E-state index contributed by atoms with van der Waals surface area (Å²) in [4.78, 5) is 0. The highest BCUT2D eigenvalue weighted by molar-refractivity contribution is 7.11. The second kappa shape index (κ2) is 8.71. The van der Waals surface area contributed by atoms with Crippen LogP contribution in [0.15, 0.2) is 24.3 Å². The van der Waals surface area contributed by atoms with Crippen LogP contribution in [0.25, 0.3) is 0 Å². The molecule has 2 aromatic rings. The van der Waals surface area contributed by atoms with Gasteiger partial charge in [-0.05, 0) is 17.7 Å². The van der Waals surface area contributed by atoms with Gasteiger partial charge in [-0.2, -0.15) is 0 Å². The van der Waals surface area contributed by atoms with Crippen molar-refractivity contribution in [2.24, 2.45) is 0 Å². The predicted molar refractivity (Wildman–Crippen MR) is 84.2 cm³/mol. The van der Waals surface area contributed by atoms with Crippen molar-refractivity contribution in [1.82, 2.24) is 15.5 Å². The SMILES string of the molecule is COCCNCCc1nnc(Cc2ccc(OC)cc2)s1. The van der Waals surface area contributed by atoms with E-state index < -0.39 is 0 Å². The molecule has 0 spiro atoms. The van der Waals surface area contributed by atoms with Crippen molar-refractivity contribution in [1.29, 1.82) is 0 Å². The minimum absolute atomic E-state index is 0.735. The Morgan fingerprint density at radius 3 is 2.52 bits per heavy atom. The molecule has 0 aliphatic carbocycles. The van der Waals surface area contributed by atoms with E-state index in [2.05, 4.69) is 27.6 Å². The van der Waals surface area contributed by atoms with Gasteiger partial charge in [0.2, 0.25) is 0 Å². The third-order valence-electron chi connectivity index (χ3n) is 3.02. The molecule has 114 valence electrons. The molecule has 5 nitrogen and oxygen atoms in total. The first-order valence-electron chi connectivity index (χ1n) is 6.95. The Labute approximate surface area is 129 Å². The van der Waals surface area contributed by atoms with Crippen LogP contribution in [0.5, 0.6) is 5.75 Å². The lowest BCUT2D eigenvalue weighted by molar-refractivity contribution is 0.199. The van der Waals surface area contributed by atoms with E-state index in [4.69, 9.17) is 9.47 Å². The zero-order valence-electron chi connectivity index (χ0n) is 12.5. The van der Waals surface area contributed by atoms with E-state index in [0.717, 1.165) is 48.3 Å². The third-order valence-corrected chi connectivity index (χ3v) is 4.00. The fourth-order valence-corrected chi connectivity index (χ4v) is 2.75.